The van der Waals surface area contributed by atoms with Crippen LogP contribution in [0.3, 0.4) is 0 Å². The number of alkyl halides is 3. The van der Waals surface area contributed by atoms with Gasteiger partial charge in [-0.05, 0) is 6.07 Å². The number of carbonyl (C=O) groups excluding carboxylic acids is 1. The highest BCUT2D eigenvalue weighted by Gasteiger charge is 2.31. The first kappa shape index (κ1) is 10.6. The normalized spacial score (nSPS) is 12.0. The second-order valence-corrected chi connectivity index (χ2v) is 3.22. The Labute approximate surface area is 87.7 Å². The van der Waals surface area contributed by atoms with E-state index in [2.05, 4.69) is 10.1 Å². The van der Waals surface area contributed by atoms with Crippen LogP contribution in [0.1, 0.15) is 23.0 Å². The van der Waals surface area contributed by atoms with Gasteiger partial charge in [-0.15, -0.1) is 0 Å². The van der Waals surface area contributed by atoms with Gasteiger partial charge in [0, 0.05) is 6.92 Å². The fourth-order valence-corrected chi connectivity index (χ4v) is 1.31. The SMILES string of the molecule is CC(=O)c1ncn2ncc(C(F)(F)F)cc12. The summed E-state index contributed by atoms with van der Waals surface area (Å²) in [5.41, 5.74) is -0.857. The summed E-state index contributed by atoms with van der Waals surface area (Å²) in [4.78, 5) is 14.8. The number of halogens is 3. The summed E-state index contributed by atoms with van der Waals surface area (Å²) in [6, 6.07) is 0.858. The van der Waals surface area contributed by atoms with E-state index in [4.69, 9.17) is 0 Å². The summed E-state index contributed by atoms with van der Waals surface area (Å²) in [6.45, 7) is 1.24. The fraction of sp³-hybridized carbons (Fsp3) is 0.222. The van der Waals surface area contributed by atoms with Crippen LogP contribution in [0.4, 0.5) is 13.2 Å². The maximum atomic E-state index is 12.4. The summed E-state index contributed by atoms with van der Waals surface area (Å²) in [7, 11) is 0. The molecule has 0 aliphatic heterocycles. The predicted molar refractivity (Wildman–Crippen MR) is 48.0 cm³/mol. The lowest BCUT2D eigenvalue weighted by molar-refractivity contribution is -0.137. The van der Waals surface area contributed by atoms with E-state index in [0.717, 1.165) is 10.6 Å². The number of aromatic nitrogens is 3. The number of Topliss-reactive ketones (excluding diaryl/α,β-unsaturated/α-hetero) is 1. The lowest BCUT2D eigenvalue weighted by Gasteiger charge is -2.05. The molecule has 0 saturated heterocycles. The quantitative estimate of drug-likeness (QED) is 0.702. The van der Waals surface area contributed by atoms with E-state index >= 15 is 0 Å². The van der Waals surface area contributed by atoms with Gasteiger partial charge < -0.3 is 0 Å². The molecule has 2 rings (SSSR count). The van der Waals surface area contributed by atoms with Gasteiger partial charge in [-0.25, -0.2) is 9.50 Å². The monoisotopic (exact) mass is 229 g/mol. The highest BCUT2D eigenvalue weighted by atomic mass is 19.4. The second kappa shape index (κ2) is 3.29. The van der Waals surface area contributed by atoms with Gasteiger partial charge in [-0.3, -0.25) is 4.79 Å². The van der Waals surface area contributed by atoms with Gasteiger partial charge in [0.15, 0.2) is 5.78 Å². The van der Waals surface area contributed by atoms with Crippen LogP contribution in [-0.2, 0) is 6.18 Å². The van der Waals surface area contributed by atoms with Crippen molar-refractivity contribution in [3.8, 4) is 0 Å². The molecule has 0 aromatic carbocycles. The standard InChI is InChI=1S/C9H6F3N3O/c1-5(16)8-7-2-6(9(10,11)12)3-14-15(7)4-13-8/h2-4H,1H3. The molecule has 0 atom stereocenters. The summed E-state index contributed by atoms with van der Waals surface area (Å²) in [5.74, 6) is -0.399. The molecule has 4 nitrogen and oxygen atoms in total. The van der Waals surface area contributed by atoms with Crippen molar-refractivity contribution in [3.63, 3.8) is 0 Å². The third kappa shape index (κ3) is 1.64. The second-order valence-electron chi connectivity index (χ2n) is 3.22. The van der Waals surface area contributed by atoms with Crippen LogP contribution in [0.25, 0.3) is 5.52 Å². The van der Waals surface area contributed by atoms with Crippen molar-refractivity contribution < 1.29 is 18.0 Å². The molecule has 0 saturated carbocycles. The zero-order valence-electron chi connectivity index (χ0n) is 8.12. The van der Waals surface area contributed by atoms with E-state index in [1.54, 1.807) is 0 Å². The summed E-state index contributed by atoms with van der Waals surface area (Å²) in [5, 5.41) is 3.53. The Morgan fingerprint density at radius 2 is 2.12 bits per heavy atom. The third-order valence-corrected chi connectivity index (χ3v) is 2.06. The number of fused-ring (bicyclic) bond motifs is 1. The molecule has 2 aromatic rings. The average Bonchev–Trinajstić information content (AvgIpc) is 2.58. The molecule has 0 bridgehead atoms. The topological polar surface area (TPSA) is 47.3 Å². The van der Waals surface area contributed by atoms with Crippen molar-refractivity contribution in [1.82, 2.24) is 14.6 Å². The Bertz CT molecular complexity index is 559. The molecule has 2 heterocycles. The molecule has 0 spiro atoms. The number of imidazole rings is 1. The molecule has 0 aliphatic rings. The molecule has 0 aliphatic carbocycles. The van der Waals surface area contributed by atoms with E-state index in [0.29, 0.717) is 6.20 Å². The average molecular weight is 229 g/mol. The first-order chi connectivity index (χ1) is 7.39. The molecule has 0 N–H and O–H groups in total. The molecular formula is C9H6F3N3O. The third-order valence-electron chi connectivity index (χ3n) is 2.06. The summed E-state index contributed by atoms with van der Waals surface area (Å²) >= 11 is 0. The van der Waals surface area contributed by atoms with Crippen molar-refractivity contribution in [2.24, 2.45) is 0 Å². The van der Waals surface area contributed by atoms with Crippen molar-refractivity contribution in [2.45, 2.75) is 13.1 Å². The molecule has 0 unspecified atom stereocenters. The van der Waals surface area contributed by atoms with Crippen molar-refractivity contribution in [3.05, 3.63) is 29.8 Å². The molecule has 2 aromatic heterocycles. The zero-order chi connectivity index (χ0) is 11.9. The van der Waals surface area contributed by atoms with Gasteiger partial charge in [0.1, 0.15) is 12.0 Å². The van der Waals surface area contributed by atoms with Crippen LogP contribution in [0, 0.1) is 0 Å². The molecule has 0 fully saturated rings. The zero-order valence-corrected chi connectivity index (χ0v) is 8.12. The fourth-order valence-electron chi connectivity index (χ4n) is 1.31. The number of hydrogen-bond donors (Lipinski definition) is 0. The van der Waals surface area contributed by atoms with Crippen LogP contribution in [0.15, 0.2) is 18.6 Å². The predicted octanol–water partition coefficient (Wildman–Crippen LogP) is 1.95. The molecular weight excluding hydrogens is 223 g/mol. The van der Waals surface area contributed by atoms with Crippen LogP contribution in [0.5, 0.6) is 0 Å². The Morgan fingerprint density at radius 3 is 2.69 bits per heavy atom. The van der Waals surface area contributed by atoms with Crippen LogP contribution in [-0.4, -0.2) is 20.4 Å². The largest absolute Gasteiger partial charge is 0.418 e. The van der Waals surface area contributed by atoms with Crippen LogP contribution >= 0.6 is 0 Å². The Morgan fingerprint density at radius 1 is 1.44 bits per heavy atom. The first-order valence-corrected chi connectivity index (χ1v) is 4.31. The van der Waals surface area contributed by atoms with E-state index in [1.807, 2.05) is 0 Å². The number of ketones is 1. The van der Waals surface area contributed by atoms with E-state index < -0.39 is 17.5 Å². The molecule has 0 radical (unpaired) electrons. The van der Waals surface area contributed by atoms with Gasteiger partial charge in [0.2, 0.25) is 0 Å². The van der Waals surface area contributed by atoms with Crippen molar-refractivity contribution in [2.75, 3.05) is 0 Å². The van der Waals surface area contributed by atoms with Crippen LogP contribution < -0.4 is 0 Å². The minimum atomic E-state index is -4.48. The van der Waals surface area contributed by atoms with Gasteiger partial charge in [-0.1, -0.05) is 0 Å². The molecule has 84 valence electrons. The number of hydrogen-bond acceptors (Lipinski definition) is 3. The smallest absolute Gasteiger partial charge is 0.293 e. The van der Waals surface area contributed by atoms with E-state index in [1.165, 1.54) is 13.3 Å². The number of rotatable bonds is 1. The first-order valence-electron chi connectivity index (χ1n) is 4.31. The number of nitrogens with zero attached hydrogens (tertiary/aromatic N) is 3. The molecule has 7 heteroatoms. The van der Waals surface area contributed by atoms with E-state index in [-0.39, 0.29) is 11.2 Å². The van der Waals surface area contributed by atoms with Gasteiger partial charge in [0.05, 0.1) is 17.3 Å². The van der Waals surface area contributed by atoms with E-state index in [9.17, 15) is 18.0 Å². The Hall–Kier alpha value is -1.92. The maximum Gasteiger partial charge on any atom is 0.418 e. The minimum Gasteiger partial charge on any atom is -0.293 e. The van der Waals surface area contributed by atoms with Gasteiger partial charge >= 0.3 is 6.18 Å². The minimum absolute atomic E-state index is 0.0152. The maximum absolute atomic E-state index is 12.4. The van der Waals surface area contributed by atoms with Gasteiger partial charge in [0.25, 0.3) is 0 Å². The lowest BCUT2D eigenvalue weighted by Crippen LogP contribution is -2.07. The lowest BCUT2D eigenvalue weighted by atomic mass is 10.2. The summed E-state index contributed by atoms with van der Waals surface area (Å²) in [6.07, 6.45) is -2.59. The van der Waals surface area contributed by atoms with Crippen LogP contribution in [0.2, 0.25) is 0 Å². The Balaban J connectivity index is 2.68. The van der Waals surface area contributed by atoms with Gasteiger partial charge in [-0.2, -0.15) is 18.3 Å². The Kier molecular flexibility index (Phi) is 2.18. The van der Waals surface area contributed by atoms with Crippen molar-refractivity contribution in [1.29, 1.82) is 0 Å². The summed E-state index contributed by atoms with van der Waals surface area (Å²) < 4.78 is 38.3. The highest BCUT2D eigenvalue weighted by Crippen LogP contribution is 2.29. The number of carbonyl (C=O) groups is 1. The van der Waals surface area contributed by atoms with Crippen molar-refractivity contribution >= 4 is 11.3 Å². The molecule has 16 heavy (non-hydrogen) atoms. The highest BCUT2D eigenvalue weighted by molar-refractivity contribution is 5.98. The molecule has 0 amide bonds.